The SMILES string of the molecule is COC(=O)c1ccccc1NC(=O)c1nn(C(C)C)c2ccc(-c3ccc(NC=O)cc3)cc12. The Morgan fingerprint density at radius 2 is 1.71 bits per heavy atom. The average Bonchev–Trinajstić information content (AvgIpc) is 3.24. The first-order chi connectivity index (χ1) is 16.4. The maximum Gasteiger partial charge on any atom is 0.339 e. The van der Waals surface area contributed by atoms with E-state index in [1.54, 1.807) is 28.9 Å². The molecule has 2 N–H and O–H groups in total. The van der Waals surface area contributed by atoms with Crippen molar-refractivity contribution in [1.82, 2.24) is 9.78 Å². The number of benzene rings is 3. The second kappa shape index (κ2) is 9.58. The number of hydrogen-bond donors (Lipinski definition) is 2. The van der Waals surface area contributed by atoms with Crippen LogP contribution in [0, 0.1) is 0 Å². The van der Waals surface area contributed by atoms with Crippen molar-refractivity contribution >= 4 is 40.6 Å². The Balaban J connectivity index is 1.76. The van der Waals surface area contributed by atoms with Gasteiger partial charge < -0.3 is 15.4 Å². The number of nitrogens with zero attached hydrogens (tertiary/aromatic N) is 2. The summed E-state index contributed by atoms with van der Waals surface area (Å²) in [6, 6.07) is 19.9. The Morgan fingerprint density at radius 1 is 1.00 bits per heavy atom. The fraction of sp³-hybridized carbons (Fsp3) is 0.154. The molecule has 0 atom stereocenters. The summed E-state index contributed by atoms with van der Waals surface area (Å²) in [4.78, 5) is 36.1. The maximum atomic E-state index is 13.3. The molecule has 0 radical (unpaired) electrons. The quantitative estimate of drug-likeness (QED) is 0.304. The van der Waals surface area contributed by atoms with E-state index < -0.39 is 11.9 Å². The molecule has 8 heteroatoms. The first-order valence-electron chi connectivity index (χ1n) is 10.7. The van der Waals surface area contributed by atoms with Crippen LogP contribution in [-0.2, 0) is 9.53 Å². The fourth-order valence-electron chi connectivity index (χ4n) is 3.77. The predicted octanol–water partition coefficient (Wildman–Crippen LogP) is 4.89. The number of methoxy groups -OCH3 is 1. The highest BCUT2D eigenvalue weighted by atomic mass is 16.5. The number of fused-ring (bicyclic) bond motifs is 1. The summed E-state index contributed by atoms with van der Waals surface area (Å²) in [5.74, 6) is -0.966. The van der Waals surface area contributed by atoms with Gasteiger partial charge >= 0.3 is 5.97 Å². The van der Waals surface area contributed by atoms with Crippen LogP contribution in [0.15, 0.2) is 66.7 Å². The number of rotatable bonds is 7. The first kappa shape index (κ1) is 22.7. The van der Waals surface area contributed by atoms with Gasteiger partial charge in [-0.25, -0.2) is 4.79 Å². The number of hydrogen-bond acceptors (Lipinski definition) is 5. The summed E-state index contributed by atoms with van der Waals surface area (Å²) in [5, 5.41) is 10.7. The molecule has 4 aromatic rings. The highest BCUT2D eigenvalue weighted by molar-refractivity contribution is 6.13. The Bertz CT molecular complexity index is 1370. The van der Waals surface area contributed by atoms with Gasteiger partial charge in [0.15, 0.2) is 5.69 Å². The summed E-state index contributed by atoms with van der Waals surface area (Å²) in [6.45, 7) is 3.99. The number of aromatic nitrogens is 2. The second-order valence-electron chi connectivity index (χ2n) is 7.95. The van der Waals surface area contributed by atoms with E-state index in [1.165, 1.54) is 7.11 Å². The van der Waals surface area contributed by atoms with Crippen LogP contribution in [-0.4, -0.2) is 35.2 Å². The van der Waals surface area contributed by atoms with Crippen LogP contribution in [0.1, 0.15) is 40.7 Å². The summed E-state index contributed by atoms with van der Waals surface area (Å²) in [7, 11) is 1.29. The topological polar surface area (TPSA) is 102 Å². The van der Waals surface area contributed by atoms with Gasteiger partial charge in [0.1, 0.15) is 0 Å². The molecule has 0 aliphatic carbocycles. The molecule has 3 aromatic carbocycles. The van der Waals surface area contributed by atoms with E-state index in [4.69, 9.17) is 4.74 Å². The Kier molecular flexibility index (Phi) is 6.40. The zero-order chi connectivity index (χ0) is 24.2. The van der Waals surface area contributed by atoms with Crippen molar-refractivity contribution in [2.45, 2.75) is 19.9 Å². The number of nitrogens with one attached hydrogen (secondary N) is 2. The summed E-state index contributed by atoms with van der Waals surface area (Å²) < 4.78 is 6.63. The summed E-state index contributed by atoms with van der Waals surface area (Å²) in [6.07, 6.45) is 0.630. The third-order valence-corrected chi connectivity index (χ3v) is 5.43. The zero-order valence-electron chi connectivity index (χ0n) is 19.0. The number of ether oxygens (including phenoxy) is 1. The molecule has 8 nitrogen and oxygen atoms in total. The minimum atomic E-state index is -0.539. The Labute approximate surface area is 196 Å². The highest BCUT2D eigenvalue weighted by Gasteiger charge is 2.21. The second-order valence-corrected chi connectivity index (χ2v) is 7.95. The highest BCUT2D eigenvalue weighted by Crippen LogP contribution is 2.30. The standard InChI is InChI=1S/C26H24N4O4/c1-16(2)30-23-13-10-18(17-8-11-19(12-9-17)27-15-31)14-21(23)24(29-30)25(32)28-22-7-5-4-6-20(22)26(33)34-3/h4-16H,1-3H3,(H,27,31)(H,28,32). The summed E-state index contributed by atoms with van der Waals surface area (Å²) in [5.41, 5.74) is 4.21. The van der Waals surface area contributed by atoms with E-state index >= 15 is 0 Å². The molecule has 2 amide bonds. The third kappa shape index (κ3) is 4.38. The van der Waals surface area contributed by atoms with Gasteiger partial charge in [-0.3, -0.25) is 14.3 Å². The molecule has 0 saturated heterocycles. The molecule has 34 heavy (non-hydrogen) atoms. The van der Waals surface area contributed by atoms with Crippen molar-refractivity contribution in [2.24, 2.45) is 0 Å². The van der Waals surface area contributed by atoms with E-state index in [-0.39, 0.29) is 17.3 Å². The molecule has 172 valence electrons. The molecule has 0 aliphatic rings. The van der Waals surface area contributed by atoms with Crippen molar-refractivity contribution in [3.63, 3.8) is 0 Å². The number of amides is 2. The average molecular weight is 457 g/mol. The molecule has 0 unspecified atom stereocenters. The van der Waals surface area contributed by atoms with Gasteiger partial charge in [-0.15, -0.1) is 0 Å². The van der Waals surface area contributed by atoms with E-state index in [0.29, 0.717) is 23.2 Å². The molecule has 0 spiro atoms. The predicted molar refractivity (Wildman–Crippen MR) is 131 cm³/mol. The van der Waals surface area contributed by atoms with Gasteiger partial charge in [0.25, 0.3) is 5.91 Å². The Morgan fingerprint density at radius 3 is 2.38 bits per heavy atom. The number of esters is 1. The van der Waals surface area contributed by atoms with Crippen LogP contribution in [0.25, 0.3) is 22.0 Å². The minimum Gasteiger partial charge on any atom is -0.465 e. The Hall–Kier alpha value is -4.46. The van der Waals surface area contributed by atoms with Crippen LogP contribution in [0.2, 0.25) is 0 Å². The molecule has 0 aliphatic heterocycles. The van der Waals surface area contributed by atoms with Crippen LogP contribution in [0.5, 0.6) is 0 Å². The monoisotopic (exact) mass is 456 g/mol. The van der Waals surface area contributed by atoms with Gasteiger partial charge in [0.2, 0.25) is 6.41 Å². The third-order valence-electron chi connectivity index (χ3n) is 5.43. The lowest BCUT2D eigenvalue weighted by atomic mass is 10.0. The number of carbonyl (C=O) groups is 3. The van der Waals surface area contributed by atoms with Gasteiger partial charge in [0.05, 0.1) is 23.9 Å². The largest absolute Gasteiger partial charge is 0.465 e. The maximum absolute atomic E-state index is 13.3. The fourth-order valence-corrected chi connectivity index (χ4v) is 3.77. The smallest absolute Gasteiger partial charge is 0.339 e. The van der Waals surface area contributed by atoms with Crippen molar-refractivity contribution in [3.05, 3.63) is 78.0 Å². The molecule has 0 fully saturated rings. The molecular weight excluding hydrogens is 432 g/mol. The van der Waals surface area contributed by atoms with E-state index in [0.717, 1.165) is 16.6 Å². The van der Waals surface area contributed by atoms with Gasteiger partial charge in [-0.05, 0) is 61.4 Å². The van der Waals surface area contributed by atoms with E-state index in [2.05, 4.69) is 15.7 Å². The molecule has 1 heterocycles. The molecule has 0 saturated carbocycles. The number of para-hydroxylation sites is 1. The number of anilines is 2. The zero-order valence-corrected chi connectivity index (χ0v) is 19.0. The van der Waals surface area contributed by atoms with Crippen molar-refractivity contribution in [1.29, 1.82) is 0 Å². The lowest BCUT2D eigenvalue weighted by Crippen LogP contribution is -2.16. The number of carbonyl (C=O) groups excluding carboxylic acids is 3. The van der Waals surface area contributed by atoms with Crippen molar-refractivity contribution in [2.75, 3.05) is 17.7 Å². The van der Waals surface area contributed by atoms with Crippen molar-refractivity contribution < 1.29 is 19.1 Å². The van der Waals surface area contributed by atoms with Crippen LogP contribution in [0.3, 0.4) is 0 Å². The molecule has 1 aromatic heterocycles. The normalized spacial score (nSPS) is 10.8. The molecule has 4 rings (SSSR count). The van der Waals surface area contributed by atoms with Gasteiger partial charge in [0, 0.05) is 17.1 Å². The van der Waals surface area contributed by atoms with Gasteiger partial charge in [-0.2, -0.15) is 5.10 Å². The first-order valence-corrected chi connectivity index (χ1v) is 10.7. The minimum absolute atomic E-state index is 0.0333. The molecule has 0 bridgehead atoms. The van der Waals surface area contributed by atoms with Crippen LogP contribution >= 0.6 is 0 Å². The van der Waals surface area contributed by atoms with Crippen molar-refractivity contribution in [3.8, 4) is 11.1 Å². The lowest BCUT2D eigenvalue weighted by molar-refractivity contribution is -0.105. The van der Waals surface area contributed by atoms with Crippen LogP contribution < -0.4 is 10.6 Å². The molecular formula is C26H24N4O4. The summed E-state index contributed by atoms with van der Waals surface area (Å²) >= 11 is 0. The lowest BCUT2D eigenvalue weighted by Gasteiger charge is -2.09. The van der Waals surface area contributed by atoms with Crippen LogP contribution in [0.4, 0.5) is 11.4 Å². The van der Waals surface area contributed by atoms with E-state index in [9.17, 15) is 14.4 Å². The van der Waals surface area contributed by atoms with E-state index in [1.807, 2.05) is 56.3 Å². The van der Waals surface area contributed by atoms with Gasteiger partial charge in [-0.1, -0.05) is 30.3 Å².